The molecule has 0 saturated heterocycles. The fraction of sp³-hybridized carbons (Fsp3) is 0.462. The summed E-state index contributed by atoms with van der Waals surface area (Å²) in [7, 11) is 3.77. The number of rotatable bonds is 5. The maximum Gasteiger partial charge on any atom is 0.347 e. The van der Waals surface area contributed by atoms with E-state index in [0.29, 0.717) is 17.1 Å². The van der Waals surface area contributed by atoms with Crippen molar-refractivity contribution < 1.29 is 9.90 Å². The Morgan fingerprint density at radius 2 is 2.25 bits per heavy atom. The standard InChI is InChI=1S/C13H18N4O2S/c1-8(2)10-11(12(18)19)20-13(15-10)16(3)6-9-5-14-17(4)7-9/h5,7-8H,6H2,1-4H3,(H,18,19). The molecule has 0 aliphatic heterocycles. The number of hydrogen-bond acceptors (Lipinski definition) is 5. The van der Waals surface area contributed by atoms with Gasteiger partial charge in [-0.2, -0.15) is 5.10 Å². The summed E-state index contributed by atoms with van der Waals surface area (Å²) in [6, 6.07) is 0. The number of aromatic carboxylic acids is 1. The molecule has 0 atom stereocenters. The van der Waals surface area contributed by atoms with E-state index in [1.165, 1.54) is 11.3 Å². The topological polar surface area (TPSA) is 71.2 Å². The van der Waals surface area contributed by atoms with Crippen LogP contribution in [0.2, 0.25) is 0 Å². The SMILES string of the molecule is CC(C)c1nc(N(C)Cc2cnn(C)c2)sc1C(=O)O. The Kier molecular flexibility index (Phi) is 4.08. The number of thiazole rings is 1. The predicted molar refractivity (Wildman–Crippen MR) is 78.5 cm³/mol. The van der Waals surface area contributed by atoms with Crippen molar-refractivity contribution in [3.05, 3.63) is 28.5 Å². The van der Waals surface area contributed by atoms with Gasteiger partial charge in [0.25, 0.3) is 0 Å². The molecule has 7 heteroatoms. The number of carbonyl (C=O) groups is 1. The van der Waals surface area contributed by atoms with Gasteiger partial charge in [-0.1, -0.05) is 25.2 Å². The van der Waals surface area contributed by atoms with Crippen LogP contribution in [-0.2, 0) is 13.6 Å². The van der Waals surface area contributed by atoms with Gasteiger partial charge in [-0.15, -0.1) is 0 Å². The molecule has 6 nitrogen and oxygen atoms in total. The van der Waals surface area contributed by atoms with Crippen molar-refractivity contribution in [1.29, 1.82) is 0 Å². The third-order valence-corrected chi connectivity index (χ3v) is 4.06. The van der Waals surface area contributed by atoms with Crippen molar-refractivity contribution in [2.24, 2.45) is 7.05 Å². The van der Waals surface area contributed by atoms with Gasteiger partial charge in [-0.3, -0.25) is 4.68 Å². The van der Waals surface area contributed by atoms with E-state index >= 15 is 0 Å². The van der Waals surface area contributed by atoms with Crippen LogP contribution in [0.4, 0.5) is 5.13 Å². The van der Waals surface area contributed by atoms with Crippen LogP contribution in [0, 0.1) is 0 Å². The lowest BCUT2D eigenvalue weighted by molar-refractivity contribution is 0.0700. The molecule has 0 aromatic carbocycles. The Morgan fingerprint density at radius 3 is 2.70 bits per heavy atom. The molecule has 0 aliphatic rings. The van der Waals surface area contributed by atoms with Gasteiger partial charge in [0.1, 0.15) is 4.88 Å². The van der Waals surface area contributed by atoms with E-state index in [1.807, 2.05) is 39.0 Å². The summed E-state index contributed by atoms with van der Waals surface area (Å²) in [4.78, 5) is 18.0. The maximum absolute atomic E-state index is 11.3. The summed E-state index contributed by atoms with van der Waals surface area (Å²) in [5.41, 5.74) is 1.71. The van der Waals surface area contributed by atoms with Crippen LogP contribution < -0.4 is 4.90 Å². The highest BCUT2D eigenvalue weighted by Gasteiger charge is 2.21. The van der Waals surface area contributed by atoms with Crippen LogP contribution in [0.5, 0.6) is 0 Å². The first-order chi connectivity index (χ1) is 9.38. The van der Waals surface area contributed by atoms with Crippen LogP contribution in [0.15, 0.2) is 12.4 Å². The van der Waals surface area contributed by atoms with Crippen molar-refractivity contribution in [3.8, 4) is 0 Å². The van der Waals surface area contributed by atoms with Crippen LogP contribution >= 0.6 is 11.3 Å². The number of aryl methyl sites for hydroxylation is 1. The minimum atomic E-state index is -0.910. The van der Waals surface area contributed by atoms with E-state index in [2.05, 4.69) is 10.1 Å². The van der Waals surface area contributed by atoms with Crippen molar-refractivity contribution in [2.75, 3.05) is 11.9 Å². The van der Waals surface area contributed by atoms with E-state index in [0.717, 1.165) is 10.7 Å². The number of aromatic nitrogens is 3. The zero-order valence-electron chi connectivity index (χ0n) is 12.0. The molecule has 0 aliphatic carbocycles. The molecule has 0 unspecified atom stereocenters. The quantitative estimate of drug-likeness (QED) is 0.916. The zero-order chi connectivity index (χ0) is 14.9. The largest absolute Gasteiger partial charge is 0.477 e. The van der Waals surface area contributed by atoms with Gasteiger partial charge in [0, 0.05) is 32.4 Å². The minimum absolute atomic E-state index is 0.0953. The molecule has 0 spiro atoms. The fourth-order valence-electron chi connectivity index (χ4n) is 1.92. The molecule has 20 heavy (non-hydrogen) atoms. The summed E-state index contributed by atoms with van der Waals surface area (Å²) in [5.74, 6) is -0.815. The molecule has 0 fully saturated rings. The van der Waals surface area contributed by atoms with Crippen LogP contribution in [0.25, 0.3) is 0 Å². The first kappa shape index (κ1) is 14.5. The lowest BCUT2D eigenvalue weighted by atomic mass is 10.1. The highest BCUT2D eigenvalue weighted by atomic mass is 32.1. The van der Waals surface area contributed by atoms with Crippen molar-refractivity contribution in [1.82, 2.24) is 14.8 Å². The molecule has 2 aromatic rings. The lowest BCUT2D eigenvalue weighted by Crippen LogP contribution is -2.15. The number of carboxylic acids is 1. The van der Waals surface area contributed by atoms with Gasteiger partial charge in [0.2, 0.25) is 0 Å². The second-order valence-electron chi connectivity index (χ2n) is 5.05. The first-order valence-corrected chi connectivity index (χ1v) is 7.12. The second-order valence-corrected chi connectivity index (χ2v) is 6.03. The Labute approximate surface area is 121 Å². The molecule has 0 saturated carbocycles. The average Bonchev–Trinajstić information content (AvgIpc) is 2.95. The van der Waals surface area contributed by atoms with Crippen molar-refractivity contribution >= 4 is 22.4 Å². The van der Waals surface area contributed by atoms with Crippen LogP contribution in [0.3, 0.4) is 0 Å². The minimum Gasteiger partial charge on any atom is -0.477 e. The van der Waals surface area contributed by atoms with Gasteiger partial charge in [0.15, 0.2) is 5.13 Å². The Balaban J connectivity index is 2.23. The number of nitrogens with zero attached hydrogens (tertiary/aromatic N) is 4. The normalized spacial score (nSPS) is 11.1. The summed E-state index contributed by atoms with van der Waals surface area (Å²) >= 11 is 1.22. The van der Waals surface area contributed by atoms with Gasteiger partial charge < -0.3 is 10.0 Å². The van der Waals surface area contributed by atoms with Crippen LogP contribution in [0.1, 0.15) is 40.7 Å². The van der Waals surface area contributed by atoms with Gasteiger partial charge >= 0.3 is 5.97 Å². The smallest absolute Gasteiger partial charge is 0.347 e. The molecule has 1 N–H and O–H groups in total. The Bertz CT molecular complexity index is 618. The monoisotopic (exact) mass is 294 g/mol. The van der Waals surface area contributed by atoms with E-state index in [1.54, 1.807) is 10.9 Å². The first-order valence-electron chi connectivity index (χ1n) is 6.31. The van der Waals surface area contributed by atoms with E-state index in [4.69, 9.17) is 0 Å². The molecule has 108 valence electrons. The molecule has 2 heterocycles. The van der Waals surface area contributed by atoms with E-state index in [9.17, 15) is 9.90 Å². The van der Waals surface area contributed by atoms with Crippen LogP contribution in [-0.4, -0.2) is 32.9 Å². The van der Waals surface area contributed by atoms with Gasteiger partial charge in [-0.25, -0.2) is 9.78 Å². The molecular formula is C13H18N4O2S. The van der Waals surface area contributed by atoms with E-state index in [-0.39, 0.29) is 5.92 Å². The fourth-order valence-corrected chi connectivity index (χ4v) is 2.94. The van der Waals surface area contributed by atoms with E-state index < -0.39 is 5.97 Å². The van der Waals surface area contributed by atoms with Crippen molar-refractivity contribution in [3.63, 3.8) is 0 Å². The summed E-state index contributed by atoms with van der Waals surface area (Å²) < 4.78 is 1.74. The van der Waals surface area contributed by atoms with Gasteiger partial charge in [-0.05, 0) is 5.92 Å². The third-order valence-electron chi connectivity index (χ3n) is 2.89. The summed E-state index contributed by atoms with van der Waals surface area (Å²) in [6.45, 7) is 4.55. The molecule has 2 aromatic heterocycles. The highest BCUT2D eigenvalue weighted by molar-refractivity contribution is 7.17. The summed E-state index contributed by atoms with van der Waals surface area (Å²) in [6.07, 6.45) is 3.73. The summed E-state index contributed by atoms with van der Waals surface area (Å²) in [5, 5.41) is 14.1. The Hall–Kier alpha value is -1.89. The molecular weight excluding hydrogens is 276 g/mol. The molecule has 0 radical (unpaired) electrons. The predicted octanol–water partition coefficient (Wildman–Crippen LogP) is 2.33. The second kappa shape index (κ2) is 5.62. The number of carboxylic acid groups (broad SMARTS) is 1. The van der Waals surface area contributed by atoms with Gasteiger partial charge in [0.05, 0.1) is 11.9 Å². The Morgan fingerprint density at radius 1 is 1.55 bits per heavy atom. The maximum atomic E-state index is 11.3. The molecule has 2 rings (SSSR count). The number of hydrogen-bond donors (Lipinski definition) is 1. The third kappa shape index (κ3) is 2.98. The average molecular weight is 294 g/mol. The highest BCUT2D eigenvalue weighted by Crippen LogP contribution is 2.30. The lowest BCUT2D eigenvalue weighted by Gasteiger charge is -2.14. The zero-order valence-corrected chi connectivity index (χ0v) is 12.8. The number of anilines is 1. The molecule has 0 amide bonds. The molecule has 0 bridgehead atoms. The van der Waals surface area contributed by atoms with Crippen molar-refractivity contribution in [2.45, 2.75) is 26.3 Å².